The number of rotatable bonds is 2. The van der Waals surface area contributed by atoms with Gasteiger partial charge in [0, 0.05) is 19.1 Å². The van der Waals surface area contributed by atoms with E-state index < -0.39 is 6.10 Å². The summed E-state index contributed by atoms with van der Waals surface area (Å²) in [4.78, 5) is 11.3. The molecule has 0 fully saturated rings. The van der Waals surface area contributed by atoms with E-state index in [0.717, 1.165) is 18.2 Å². The summed E-state index contributed by atoms with van der Waals surface area (Å²) >= 11 is 1.14. The molecule has 13 heavy (non-hydrogen) atoms. The molecule has 0 bridgehead atoms. The first-order valence-electron chi connectivity index (χ1n) is 4.18. The second-order valence-corrected chi connectivity index (χ2v) is 3.77. The molecule has 0 aromatic rings. The van der Waals surface area contributed by atoms with Gasteiger partial charge in [-0.25, -0.2) is 0 Å². The normalized spacial score (nSPS) is 28.4. The first kappa shape index (κ1) is 10.8. The van der Waals surface area contributed by atoms with Crippen molar-refractivity contribution in [2.24, 2.45) is 0 Å². The minimum absolute atomic E-state index is 0.0398. The van der Waals surface area contributed by atoms with Gasteiger partial charge in [0.25, 0.3) is 0 Å². The third-order valence-corrected chi connectivity index (χ3v) is 2.81. The van der Waals surface area contributed by atoms with Crippen LogP contribution in [0.5, 0.6) is 0 Å². The average Bonchev–Trinajstić information content (AvgIpc) is 2.16. The maximum Gasteiger partial charge on any atom is 0.217 e. The molecule has 1 rings (SSSR count). The van der Waals surface area contributed by atoms with Gasteiger partial charge in [-0.05, 0) is 12.7 Å². The highest BCUT2D eigenvalue weighted by Gasteiger charge is 2.25. The molecule has 3 nitrogen and oxygen atoms in total. The second-order valence-electron chi connectivity index (χ2n) is 3.00. The molecule has 74 valence electrons. The van der Waals surface area contributed by atoms with E-state index in [0.29, 0.717) is 12.0 Å². The van der Waals surface area contributed by atoms with Crippen LogP contribution in [0, 0.1) is 0 Å². The topological polar surface area (TPSA) is 46.5 Å². The Bertz CT molecular complexity index is 225. The van der Waals surface area contributed by atoms with Crippen molar-refractivity contribution in [3.8, 4) is 0 Å². The first-order valence-corrected chi connectivity index (χ1v) is 5.40. The molecule has 1 aliphatic rings. The lowest BCUT2D eigenvalue weighted by Crippen LogP contribution is -2.28. The molecule has 0 aromatic heterocycles. The molecule has 1 N–H and O–H groups in total. The van der Waals surface area contributed by atoms with E-state index in [-0.39, 0.29) is 11.2 Å². The molecule has 2 atom stereocenters. The standard InChI is InChI=1S/C9H14O3S/c1-12-6-3-4-7(8(10)5-6)9(11)13-2/h4,6,8,10H,3,5H2,1-2H3. The van der Waals surface area contributed by atoms with Crippen LogP contribution in [0.4, 0.5) is 0 Å². The van der Waals surface area contributed by atoms with E-state index in [1.54, 1.807) is 19.4 Å². The molecule has 0 aromatic carbocycles. The smallest absolute Gasteiger partial charge is 0.217 e. The van der Waals surface area contributed by atoms with Crippen LogP contribution in [0.15, 0.2) is 11.6 Å². The van der Waals surface area contributed by atoms with E-state index in [4.69, 9.17) is 4.74 Å². The second kappa shape index (κ2) is 4.79. The van der Waals surface area contributed by atoms with E-state index >= 15 is 0 Å². The molecule has 0 radical (unpaired) electrons. The summed E-state index contributed by atoms with van der Waals surface area (Å²) in [5.74, 6) is 0. The van der Waals surface area contributed by atoms with Crippen LogP contribution in [-0.4, -0.2) is 35.8 Å². The SMILES string of the molecule is COC1CC=C(C(=O)SC)C(O)C1. The van der Waals surface area contributed by atoms with Crippen molar-refractivity contribution in [1.29, 1.82) is 0 Å². The van der Waals surface area contributed by atoms with Crippen LogP contribution < -0.4 is 0 Å². The molecular formula is C9H14O3S. The molecule has 0 heterocycles. The average molecular weight is 202 g/mol. The lowest BCUT2D eigenvalue weighted by atomic mass is 9.95. The summed E-state index contributed by atoms with van der Waals surface area (Å²) in [7, 11) is 1.62. The fourth-order valence-corrected chi connectivity index (χ4v) is 1.85. The van der Waals surface area contributed by atoms with Gasteiger partial charge in [0.2, 0.25) is 5.12 Å². The first-order chi connectivity index (χ1) is 6.19. The fourth-order valence-electron chi connectivity index (χ4n) is 1.40. The number of hydrogen-bond donors (Lipinski definition) is 1. The highest BCUT2D eigenvalue weighted by Crippen LogP contribution is 2.23. The molecule has 1 aliphatic carbocycles. The van der Waals surface area contributed by atoms with Gasteiger partial charge in [-0.2, -0.15) is 0 Å². The van der Waals surface area contributed by atoms with Crippen LogP contribution >= 0.6 is 11.8 Å². The Morgan fingerprint density at radius 2 is 2.46 bits per heavy atom. The molecule has 0 aliphatic heterocycles. The number of aliphatic hydroxyl groups is 1. The highest BCUT2D eigenvalue weighted by molar-refractivity contribution is 8.13. The Morgan fingerprint density at radius 3 is 2.92 bits per heavy atom. The van der Waals surface area contributed by atoms with Crippen LogP contribution in [0.3, 0.4) is 0 Å². The molecule has 0 saturated heterocycles. The lowest BCUT2D eigenvalue weighted by Gasteiger charge is -2.24. The van der Waals surface area contributed by atoms with Gasteiger partial charge < -0.3 is 9.84 Å². The minimum atomic E-state index is -0.654. The van der Waals surface area contributed by atoms with E-state index in [1.807, 2.05) is 0 Å². The van der Waals surface area contributed by atoms with Crippen molar-refractivity contribution in [2.45, 2.75) is 25.0 Å². The van der Waals surface area contributed by atoms with Crippen molar-refractivity contribution in [1.82, 2.24) is 0 Å². The van der Waals surface area contributed by atoms with Gasteiger partial charge >= 0.3 is 0 Å². The van der Waals surface area contributed by atoms with Crippen molar-refractivity contribution in [3.63, 3.8) is 0 Å². The Labute approximate surface area is 82.2 Å². The summed E-state index contributed by atoms with van der Waals surface area (Å²) in [5, 5.41) is 9.55. The number of ether oxygens (including phenoxy) is 1. The van der Waals surface area contributed by atoms with E-state index in [2.05, 4.69) is 0 Å². The highest BCUT2D eigenvalue weighted by atomic mass is 32.2. The number of carbonyl (C=O) groups excluding carboxylic acids is 1. The fraction of sp³-hybridized carbons (Fsp3) is 0.667. The number of methoxy groups -OCH3 is 1. The molecular weight excluding hydrogens is 188 g/mol. The Hall–Kier alpha value is -0.320. The minimum Gasteiger partial charge on any atom is -0.388 e. The molecule has 2 unspecified atom stereocenters. The van der Waals surface area contributed by atoms with Gasteiger partial charge in [-0.15, -0.1) is 0 Å². The lowest BCUT2D eigenvalue weighted by molar-refractivity contribution is -0.109. The van der Waals surface area contributed by atoms with Crippen LogP contribution in [0.1, 0.15) is 12.8 Å². The number of thioether (sulfide) groups is 1. The van der Waals surface area contributed by atoms with Crippen LogP contribution in [0.25, 0.3) is 0 Å². The summed E-state index contributed by atoms with van der Waals surface area (Å²) < 4.78 is 5.10. The zero-order chi connectivity index (χ0) is 9.84. The maximum atomic E-state index is 11.3. The predicted octanol–water partition coefficient (Wildman–Crippen LogP) is 0.972. The van der Waals surface area contributed by atoms with Gasteiger partial charge in [0.15, 0.2) is 0 Å². The monoisotopic (exact) mass is 202 g/mol. The summed E-state index contributed by atoms with van der Waals surface area (Å²) in [6.45, 7) is 0. The van der Waals surface area contributed by atoms with Gasteiger partial charge in [-0.1, -0.05) is 17.8 Å². The van der Waals surface area contributed by atoms with Gasteiger partial charge in [-0.3, -0.25) is 4.79 Å². The Kier molecular flexibility index (Phi) is 3.96. The number of aliphatic hydroxyl groups excluding tert-OH is 1. The molecule has 4 heteroatoms. The van der Waals surface area contributed by atoms with Crippen LogP contribution in [0.2, 0.25) is 0 Å². The van der Waals surface area contributed by atoms with Gasteiger partial charge in [0.1, 0.15) is 0 Å². The predicted molar refractivity (Wildman–Crippen MR) is 52.6 cm³/mol. The number of carbonyl (C=O) groups is 1. The molecule has 0 saturated carbocycles. The van der Waals surface area contributed by atoms with Crippen molar-refractivity contribution < 1.29 is 14.6 Å². The van der Waals surface area contributed by atoms with E-state index in [1.165, 1.54) is 0 Å². The largest absolute Gasteiger partial charge is 0.388 e. The number of hydrogen-bond acceptors (Lipinski definition) is 4. The zero-order valence-electron chi connectivity index (χ0n) is 7.82. The molecule has 0 amide bonds. The summed E-state index contributed by atoms with van der Waals surface area (Å²) in [5.41, 5.74) is 0.529. The quantitative estimate of drug-likeness (QED) is 0.725. The molecule has 0 spiro atoms. The van der Waals surface area contributed by atoms with Crippen molar-refractivity contribution >= 4 is 16.9 Å². The maximum absolute atomic E-state index is 11.3. The van der Waals surface area contributed by atoms with Crippen molar-refractivity contribution in [2.75, 3.05) is 13.4 Å². The summed E-state index contributed by atoms with van der Waals surface area (Å²) in [6, 6.07) is 0. The Morgan fingerprint density at radius 1 is 1.77 bits per heavy atom. The zero-order valence-corrected chi connectivity index (χ0v) is 8.63. The third kappa shape index (κ3) is 2.56. The Balaban J connectivity index is 2.66. The van der Waals surface area contributed by atoms with Crippen molar-refractivity contribution in [3.05, 3.63) is 11.6 Å². The summed E-state index contributed by atoms with van der Waals surface area (Å²) in [6.07, 6.45) is 4.13. The van der Waals surface area contributed by atoms with Gasteiger partial charge in [0.05, 0.1) is 12.2 Å². The van der Waals surface area contributed by atoms with E-state index in [9.17, 15) is 9.90 Å². The van der Waals surface area contributed by atoms with Crippen LogP contribution in [-0.2, 0) is 9.53 Å². The third-order valence-electron chi connectivity index (χ3n) is 2.20.